The minimum absolute atomic E-state index is 0.121. The van der Waals surface area contributed by atoms with Crippen LogP contribution in [0.25, 0.3) is 0 Å². The molecular formula is C18H25N3O3S. The number of hydrogen-bond acceptors (Lipinski definition) is 6. The van der Waals surface area contributed by atoms with Crippen LogP contribution >= 0.6 is 11.3 Å². The zero-order valence-corrected chi connectivity index (χ0v) is 15.9. The highest BCUT2D eigenvalue weighted by molar-refractivity contribution is 7.07. The fraction of sp³-hybridized carbons (Fsp3) is 0.444. The molecule has 1 aromatic carbocycles. The van der Waals surface area contributed by atoms with Gasteiger partial charge in [0.15, 0.2) is 0 Å². The molecule has 25 heavy (non-hydrogen) atoms. The van der Waals surface area contributed by atoms with Crippen LogP contribution in [0.5, 0.6) is 5.75 Å². The Labute approximate surface area is 152 Å². The van der Waals surface area contributed by atoms with E-state index in [-0.39, 0.29) is 6.04 Å². The summed E-state index contributed by atoms with van der Waals surface area (Å²) in [5.74, 6) is 0.737. The van der Waals surface area contributed by atoms with Crippen LogP contribution in [0.3, 0.4) is 0 Å². The van der Waals surface area contributed by atoms with E-state index < -0.39 is 11.7 Å². The number of aromatic nitrogens is 1. The molecule has 0 bridgehead atoms. The summed E-state index contributed by atoms with van der Waals surface area (Å²) in [5.41, 5.74) is 3.29. The number of carbonyl (C=O) groups is 1. The average molecular weight is 363 g/mol. The molecule has 1 heterocycles. The Morgan fingerprint density at radius 2 is 2.16 bits per heavy atom. The van der Waals surface area contributed by atoms with Gasteiger partial charge in [0, 0.05) is 17.1 Å². The zero-order chi connectivity index (χ0) is 18.3. The van der Waals surface area contributed by atoms with Gasteiger partial charge in [-0.05, 0) is 39.8 Å². The van der Waals surface area contributed by atoms with Crippen LogP contribution in [0.1, 0.15) is 39.4 Å². The third-order valence-electron chi connectivity index (χ3n) is 3.15. The van der Waals surface area contributed by atoms with Crippen molar-refractivity contribution in [3.63, 3.8) is 0 Å². The molecule has 2 rings (SSSR count). The van der Waals surface area contributed by atoms with Gasteiger partial charge in [0.1, 0.15) is 18.0 Å². The molecule has 0 aliphatic carbocycles. The van der Waals surface area contributed by atoms with Gasteiger partial charge in [-0.25, -0.2) is 9.78 Å². The number of carbonyl (C=O) groups excluding carboxylic acids is 1. The number of thiazole rings is 1. The maximum Gasteiger partial charge on any atom is 0.407 e. The molecule has 1 amide bonds. The van der Waals surface area contributed by atoms with Crippen molar-refractivity contribution >= 4 is 23.1 Å². The monoisotopic (exact) mass is 363 g/mol. The van der Waals surface area contributed by atoms with Crippen molar-refractivity contribution in [2.45, 2.75) is 39.3 Å². The summed E-state index contributed by atoms with van der Waals surface area (Å²) in [5, 5.41) is 8.09. The Balaban J connectivity index is 1.77. The van der Waals surface area contributed by atoms with Gasteiger partial charge in [0.25, 0.3) is 0 Å². The lowest BCUT2D eigenvalue weighted by atomic mass is 10.2. The number of nitrogens with one attached hydrogen (secondary N) is 2. The Morgan fingerprint density at radius 1 is 1.36 bits per heavy atom. The first kappa shape index (κ1) is 19.1. The van der Waals surface area contributed by atoms with Crippen molar-refractivity contribution in [2.75, 3.05) is 18.5 Å². The summed E-state index contributed by atoms with van der Waals surface area (Å²) in [6.45, 7) is 8.29. The fourth-order valence-electron chi connectivity index (χ4n) is 2.07. The second-order valence-electron chi connectivity index (χ2n) is 6.58. The van der Waals surface area contributed by atoms with Gasteiger partial charge in [0.05, 0.1) is 23.8 Å². The Bertz CT molecular complexity index is 668. The number of ether oxygens (including phenoxy) is 2. The maximum absolute atomic E-state index is 11.6. The molecule has 7 heteroatoms. The predicted molar refractivity (Wildman–Crippen MR) is 100 cm³/mol. The summed E-state index contributed by atoms with van der Waals surface area (Å²) < 4.78 is 10.8. The van der Waals surface area contributed by atoms with Crippen molar-refractivity contribution in [3.8, 4) is 5.75 Å². The molecule has 136 valence electrons. The zero-order valence-electron chi connectivity index (χ0n) is 15.0. The summed E-state index contributed by atoms with van der Waals surface area (Å²) in [6, 6.07) is 7.83. The van der Waals surface area contributed by atoms with Gasteiger partial charge in [0.2, 0.25) is 0 Å². The molecule has 6 nitrogen and oxygen atoms in total. The third-order valence-corrected chi connectivity index (χ3v) is 3.76. The van der Waals surface area contributed by atoms with Crippen LogP contribution < -0.4 is 15.4 Å². The lowest BCUT2D eigenvalue weighted by molar-refractivity contribution is 0.0520. The molecule has 0 saturated heterocycles. The Morgan fingerprint density at radius 3 is 2.84 bits per heavy atom. The van der Waals surface area contributed by atoms with Crippen LogP contribution in [0.15, 0.2) is 35.2 Å². The number of rotatable bonds is 7. The normalized spacial score (nSPS) is 12.3. The molecule has 0 aliphatic heterocycles. The van der Waals surface area contributed by atoms with E-state index >= 15 is 0 Å². The fourth-order valence-corrected chi connectivity index (χ4v) is 2.72. The Hall–Kier alpha value is -2.28. The summed E-state index contributed by atoms with van der Waals surface area (Å²) in [4.78, 5) is 15.9. The molecule has 0 aliphatic rings. The van der Waals surface area contributed by atoms with E-state index in [0.717, 1.165) is 17.1 Å². The van der Waals surface area contributed by atoms with E-state index in [0.29, 0.717) is 13.2 Å². The molecule has 1 unspecified atom stereocenters. The standard InChI is InChI=1S/C18H25N3O3S/c1-13(16-11-25-12-20-16)21-14-6-5-7-15(10-14)23-9-8-19-17(22)24-18(2,3)4/h5-7,10-13,21H,8-9H2,1-4H3,(H,19,22). The molecule has 2 N–H and O–H groups in total. The summed E-state index contributed by atoms with van der Waals surface area (Å²) in [6.07, 6.45) is -0.441. The molecule has 1 aromatic heterocycles. The maximum atomic E-state index is 11.6. The quantitative estimate of drug-likeness (QED) is 0.721. The number of hydrogen-bond donors (Lipinski definition) is 2. The number of anilines is 1. The minimum atomic E-state index is -0.501. The molecule has 0 radical (unpaired) electrons. The highest BCUT2D eigenvalue weighted by Crippen LogP contribution is 2.22. The van der Waals surface area contributed by atoms with E-state index in [1.54, 1.807) is 11.3 Å². The number of nitrogens with zero attached hydrogens (tertiary/aromatic N) is 1. The largest absolute Gasteiger partial charge is 0.492 e. The number of benzene rings is 1. The first-order valence-corrected chi connectivity index (χ1v) is 9.12. The van der Waals surface area contributed by atoms with Crippen molar-refractivity contribution in [1.29, 1.82) is 0 Å². The highest BCUT2D eigenvalue weighted by Gasteiger charge is 2.15. The minimum Gasteiger partial charge on any atom is -0.492 e. The smallest absolute Gasteiger partial charge is 0.407 e. The SMILES string of the molecule is CC(Nc1cccc(OCCNC(=O)OC(C)(C)C)c1)c1cscn1. The second-order valence-corrected chi connectivity index (χ2v) is 7.30. The molecule has 0 saturated carbocycles. The molecule has 1 atom stereocenters. The van der Waals surface area contributed by atoms with Crippen LogP contribution in [-0.2, 0) is 4.74 Å². The molecular weight excluding hydrogens is 338 g/mol. The van der Waals surface area contributed by atoms with Crippen molar-refractivity contribution in [1.82, 2.24) is 10.3 Å². The third kappa shape index (κ3) is 7.01. The molecule has 2 aromatic rings. The van der Waals surface area contributed by atoms with Crippen LogP contribution in [-0.4, -0.2) is 29.8 Å². The lowest BCUT2D eigenvalue weighted by Gasteiger charge is -2.19. The number of alkyl carbamates (subject to hydrolysis) is 1. The van der Waals surface area contributed by atoms with Gasteiger partial charge in [-0.1, -0.05) is 6.07 Å². The first-order chi connectivity index (χ1) is 11.8. The van der Waals surface area contributed by atoms with Crippen LogP contribution in [0, 0.1) is 0 Å². The average Bonchev–Trinajstić information content (AvgIpc) is 3.05. The van der Waals surface area contributed by atoms with Gasteiger partial charge in [-0.3, -0.25) is 0 Å². The highest BCUT2D eigenvalue weighted by atomic mass is 32.1. The predicted octanol–water partition coefficient (Wildman–Crippen LogP) is 4.22. The molecule has 0 fully saturated rings. The Kier molecular flexibility index (Phi) is 6.64. The van der Waals surface area contributed by atoms with E-state index in [9.17, 15) is 4.79 Å². The van der Waals surface area contributed by atoms with Crippen molar-refractivity contribution in [2.24, 2.45) is 0 Å². The van der Waals surface area contributed by atoms with E-state index in [1.165, 1.54) is 0 Å². The van der Waals surface area contributed by atoms with Gasteiger partial charge in [-0.15, -0.1) is 11.3 Å². The number of amides is 1. The van der Waals surface area contributed by atoms with Gasteiger partial charge in [-0.2, -0.15) is 0 Å². The summed E-state index contributed by atoms with van der Waals surface area (Å²) >= 11 is 1.58. The van der Waals surface area contributed by atoms with Gasteiger partial charge < -0.3 is 20.1 Å². The van der Waals surface area contributed by atoms with E-state index in [4.69, 9.17) is 9.47 Å². The van der Waals surface area contributed by atoms with E-state index in [1.807, 2.05) is 55.9 Å². The van der Waals surface area contributed by atoms with Crippen molar-refractivity contribution < 1.29 is 14.3 Å². The second kappa shape index (κ2) is 8.71. The summed E-state index contributed by atoms with van der Waals surface area (Å²) in [7, 11) is 0. The topological polar surface area (TPSA) is 72.5 Å². The van der Waals surface area contributed by atoms with Crippen LogP contribution in [0.4, 0.5) is 10.5 Å². The molecule has 0 spiro atoms. The first-order valence-electron chi connectivity index (χ1n) is 8.18. The van der Waals surface area contributed by atoms with E-state index in [2.05, 4.69) is 22.5 Å². The van der Waals surface area contributed by atoms with Crippen molar-refractivity contribution in [3.05, 3.63) is 40.8 Å². The van der Waals surface area contributed by atoms with Crippen LogP contribution in [0.2, 0.25) is 0 Å². The van der Waals surface area contributed by atoms with Gasteiger partial charge >= 0.3 is 6.09 Å². The lowest BCUT2D eigenvalue weighted by Crippen LogP contribution is -2.34.